The summed E-state index contributed by atoms with van der Waals surface area (Å²) in [6.45, 7) is 2.26. The molecule has 1 atom stereocenters. The van der Waals surface area contributed by atoms with Gasteiger partial charge in [0.05, 0.1) is 0 Å². The number of thioether (sulfide) groups is 2. The molecule has 0 amide bonds. The highest BCUT2D eigenvalue weighted by atomic mass is 32.2. The third-order valence-corrected chi connectivity index (χ3v) is 3.75. The molecule has 1 aliphatic heterocycles. The Bertz CT molecular complexity index is 69.3. The minimum absolute atomic E-state index is 1.03. The van der Waals surface area contributed by atoms with E-state index < -0.39 is 0 Å². The summed E-state index contributed by atoms with van der Waals surface area (Å²) in [6.07, 6.45) is 2.76. The summed E-state index contributed by atoms with van der Waals surface area (Å²) in [5.74, 6) is 4.22. The summed E-state index contributed by atoms with van der Waals surface area (Å²) < 4.78 is 0. The van der Waals surface area contributed by atoms with Crippen molar-refractivity contribution in [1.29, 1.82) is 0 Å². The molecule has 0 spiro atoms. The van der Waals surface area contributed by atoms with Crippen molar-refractivity contribution in [3.05, 3.63) is 0 Å². The average Bonchev–Trinajstić information content (AvgIpc) is 2.63. The molecule has 0 aromatic rings. The van der Waals surface area contributed by atoms with Crippen LogP contribution in [0.15, 0.2) is 0 Å². The van der Waals surface area contributed by atoms with E-state index in [1.54, 1.807) is 0 Å². The molecule has 1 rings (SSSR count). The van der Waals surface area contributed by atoms with Gasteiger partial charge >= 0.3 is 0 Å². The normalized spacial score (nSPS) is 24.3. The van der Waals surface area contributed by atoms with E-state index in [9.17, 15) is 0 Å². The fraction of sp³-hybridized carbons (Fsp3) is 1.00. The van der Waals surface area contributed by atoms with Crippen molar-refractivity contribution in [2.24, 2.45) is 0 Å². The Balaban J connectivity index is 1.71. The molecule has 1 saturated heterocycles. The van der Waals surface area contributed by atoms with Crippen molar-refractivity contribution in [2.75, 3.05) is 17.3 Å². The maximum Gasteiger partial charge on any atom is 0.0229 e. The van der Waals surface area contributed by atoms with E-state index in [-0.39, 0.29) is 0 Å². The van der Waals surface area contributed by atoms with Gasteiger partial charge in [0.25, 0.3) is 0 Å². The van der Waals surface area contributed by atoms with Crippen molar-refractivity contribution in [3.8, 4) is 0 Å². The maximum absolute atomic E-state index is 2.26. The average molecular weight is 162 g/mol. The fourth-order valence-corrected chi connectivity index (χ4v) is 2.74. The number of rotatable bonds is 5. The van der Waals surface area contributed by atoms with E-state index >= 15 is 0 Å². The van der Waals surface area contributed by atoms with Crippen LogP contribution in [0.2, 0.25) is 0 Å². The molecule has 0 aromatic heterocycles. The van der Waals surface area contributed by atoms with Gasteiger partial charge in [0.15, 0.2) is 0 Å². The molecule has 1 aliphatic rings. The van der Waals surface area contributed by atoms with Crippen molar-refractivity contribution >= 4 is 23.5 Å². The van der Waals surface area contributed by atoms with Crippen LogP contribution < -0.4 is 0 Å². The predicted octanol–water partition coefficient (Wildman–Crippen LogP) is 2.64. The van der Waals surface area contributed by atoms with Crippen molar-refractivity contribution in [2.45, 2.75) is 25.0 Å². The molecule has 1 heterocycles. The third-order valence-electron chi connectivity index (χ3n) is 1.35. The molecular formula is C7H14S2. The standard InChI is InChI=1S/C7H14S2/c1-2-3-4-8-5-7-6-9-7/h7H,2-6H2,1H3. The highest BCUT2D eigenvalue weighted by Crippen LogP contribution is 2.32. The van der Waals surface area contributed by atoms with Gasteiger partial charge in [-0.2, -0.15) is 23.5 Å². The van der Waals surface area contributed by atoms with Crippen LogP contribution in [0.1, 0.15) is 19.8 Å². The summed E-state index contributed by atoms with van der Waals surface area (Å²) in [5.41, 5.74) is 0. The zero-order valence-corrected chi connectivity index (χ0v) is 7.56. The lowest BCUT2D eigenvalue weighted by molar-refractivity contribution is 0.896. The molecule has 54 valence electrons. The second-order valence-electron chi connectivity index (χ2n) is 2.38. The number of hydrogen-bond donors (Lipinski definition) is 0. The van der Waals surface area contributed by atoms with E-state index in [0.29, 0.717) is 0 Å². The predicted molar refractivity (Wildman–Crippen MR) is 48.5 cm³/mol. The summed E-state index contributed by atoms with van der Waals surface area (Å²) in [5, 5.41) is 1.03. The molecule has 0 radical (unpaired) electrons. The van der Waals surface area contributed by atoms with E-state index in [0.717, 1.165) is 5.25 Å². The van der Waals surface area contributed by atoms with Crippen molar-refractivity contribution in [1.82, 2.24) is 0 Å². The molecule has 0 aliphatic carbocycles. The summed E-state index contributed by atoms with van der Waals surface area (Å²) in [7, 11) is 0. The van der Waals surface area contributed by atoms with E-state index in [4.69, 9.17) is 0 Å². The van der Waals surface area contributed by atoms with Gasteiger partial charge < -0.3 is 0 Å². The van der Waals surface area contributed by atoms with Gasteiger partial charge in [-0.05, 0) is 12.2 Å². The van der Waals surface area contributed by atoms with Crippen molar-refractivity contribution in [3.63, 3.8) is 0 Å². The van der Waals surface area contributed by atoms with Gasteiger partial charge in [0.2, 0.25) is 0 Å². The van der Waals surface area contributed by atoms with Crippen LogP contribution in [0, 0.1) is 0 Å². The van der Waals surface area contributed by atoms with Crippen molar-refractivity contribution < 1.29 is 0 Å². The smallest absolute Gasteiger partial charge is 0.0229 e. The Hall–Kier alpha value is 0.700. The topological polar surface area (TPSA) is 0 Å². The van der Waals surface area contributed by atoms with Gasteiger partial charge in [-0.25, -0.2) is 0 Å². The molecule has 0 N–H and O–H groups in total. The molecule has 0 bridgehead atoms. The van der Waals surface area contributed by atoms with Crippen LogP contribution in [-0.4, -0.2) is 22.5 Å². The number of unbranched alkanes of at least 4 members (excludes halogenated alkanes) is 1. The molecule has 0 saturated carbocycles. The quantitative estimate of drug-likeness (QED) is 0.450. The lowest BCUT2D eigenvalue weighted by Gasteiger charge is -1.94. The van der Waals surface area contributed by atoms with Crippen LogP contribution in [0.4, 0.5) is 0 Å². The van der Waals surface area contributed by atoms with Crippen LogP contribution in [0.5, 0.6) is 0 Å². The zero-order valence-electron chi connectivity index (χ0n) is 5.93. The van der Waals surface area contributed by atoms with E-state index in [1.165, 1.54) is 30.1 Å². The van der Waals surface area contributed by atoms with Crippen LogP contribution >= 0.6 is 23.5 Å². The first-order chi connectivity index (χ1) is 4.43. The van der Waals surface area contributed by atoms with Crippen LogP contribution in [-0.2, 0) is 0 Å². The van der Waals surface area contributed by atoms with Gasteiger partial charge in [-0.1, -0.05) is 13.3 Å². The van der Waals surface area contributed by atoms with Gasteiger partial charge in [0.1, 0.15) is 0 Å². The molecule has 0 nitrogen and oxygen atoms in total. The second kappa shape index (κ2) is 4.51. The summed E-state index contributed by atoms with van der Waals surface area (Å²) >= 11 is 4.23. The molecule has 1 unspecified atom stereocenters. The van der Waals surface area contributed by atoms with Gasteiger partial charge in [-0.15, -0.1) is 0 Å². The van der Waals surface area contributed by atoms with Gasteiger partial charge in [0, 0.05) is 16.8 Å². The minimum Gasteiger partial charge on any atom is -0.161 e. The molecule has 2 heteroatoms. The second-order valence-corrected chi connectivity index (χ2v) is 4.87. The molecular weight excluding hydrogens is 148 g/mol. The fourth-order valence-electron chi connectivity index (χ4n) is 0.625. The number of hydrogen-bond acceptors (Lipinski definition) is 2. The summed E-state index contributed by atoms with van der Waals surface area (Å²) in [6, 6.07) is 0. The van der Waals surface area contributed by atoms with E-state index in [1.807, 2.05) is 0 Å². The molecule has 9 heavy (non-hydrogen) atoms. The third kappa shape index (κ3) is 4.15. The highest BCUT2D eigenvalue weighted by Gasteiger charge is 2.21. The SMILES string of the molecule is CCCCSCC1CS1. The highest BCUT2D eigenvalue weighted by molar-refractivity contribution is 8.08. The summed E-state index contributed by atoms with van der Waals surface area (Å²) in [4.78, 5) is 0. The Kier molecular flexibility index (Phi) is 3.91. The van der Waals surface area contributed by atoms with Gasteiger partial charge in [-0.3, -0.25) is 0 Å². The first-order valence-corrected chi connectivity index (χ1v) is 5.83. The molecule has 0 aromatic carbocycles. The first-order valence-electron chi connectivity index (χ1n) is 3.63. The Morgan fingerprint density at radius 3 is 3.00 bits per heavy atom. The monoisotopic (exact) mass is 162 g/mol. The lowest BCUT2D eigenvalue weighted by Crippen LogP contribution is -1.88. The van der Waals surface area contributed by atoms with Crippen LogP contribution in [0.25, 0.3) is 0 Å². The molecule has 1 fully saturated rings. The van der Waals surface area contributed by atoms with Crippen LogP contribution in [0.3, 0.4) is 0 Å². The lowest BCUT2D eigenvalue weighted by atomic mass is 10.4. The minimum atomic E-state index is 1.03. The van der Waals surface area contributed by atoms with E-state index in [2.05, 4.69) is 30.4 Å². The Morgan fingerprint density at radius 2 is 2.44 bits per heavy atom. The largest absolute Gasteiger partial charge is 0.161 e. The Morgan fingerprint density at radius 1 is 1.67 bits per heavy atom. The first kappa shape index (κ1) is 7.80. The Labute approximate surface area is 66.2 Å². The zero-order chi connectivity index (χ0) is 6.53. The maximum atomic E-state index is 2.26.